The molecule has 0 saturated heterocycles. The number of carboxylic acid groups (broad SMARTS) is 1. The lowest BCUT2D eigenvalue weighted by atomic mass is 10.2. The van der Waals surface area contributed by atoms with E-state index in [0.29, 0.717) is 12.2 Å². The molecule has 0 saturated carbocycles. The number of benzene rings is 1. The van der Waals surface area contributed by atoms with Crippen LogP contribution in [0.4, 0.5) is 10.1 Å². The monoisotopic (exact) mass is 266 g/mol. The summed E-state index contributed by atoms with van der Waals surface area (Å²) in [6, 6.07) is 3.91. The predicted octanol–water partition coefficient (Wildman–Crippen LogP) is 2.90. The van der Waals surface area contributed by atoms with Gasteiger partial charge >= 0.3 is 5.97 Å². The van der Waals surface area contributed by atoms with Gasteiger partial charge in [-0.05, 0) is 25.1 Å². The fraction of sp³-hybridized carbons (Fsp3) is 0.167. The van der Waals surface area contributed by atoms with Crippen LogP contribution in [-0.2, 0) is 6.54 Å². The van der Waals surface area contributed by atoms with Gasteiger partial charge in [0.15, 0.2) is 0 Å². The SMILES string of the molecule is Cc1nc(CNc2ccc(F)c(C(=O)O)c2)cs1. The number of nitrogens with one attached hydrogen (secondary N) is 1. The smallest absolute Gasteiger partial charge is 0.338 e. The fourth-order valence-electron chi connectivity index (χ4n) is 1.48. The summed E-state index contributed by atoms with van der Waals surface area (Å²) in [6.45, 7) is 2.39. The minimum Gasteiger partial charge on any atom is -0.478 e. The van der Waals surface area contributed by atoms with Gasteiger partial charge in [0.25, 0.3) is 0 Å². The first-order valence-electron chi connectivity index (χ1n) is 5.24. The summed E-state index contributed by atoms with van der Waals surface area (Å²) in [6.07, 6.45) is 0. The second-order valence-electron chi connectivity index (χ2n) is 3.71. The number of hydrogen-bond donors (Lipinski definition) is 2. The number of carboxylic acids is 1. The summed E-state index contributed by atoms with van der Waals surface area (Å²) in [4.78, 5) is 15.0. The summed E-state index contributed by atoms with van der Waals surface area (Å²) in [7, 11) is 0. The van der Waals surface area contributed by atoms with Crippen molar-refractivity contribution in [1.29, 1.82) is 0 Å². The molecule has 0 unspecified atom stereocenters. The molecule has 0 spiro atoms. The van der Waals surface area contributed by atoms with Gasteiger partial charge in [-0.15, -0.1) is 11.3 Å². The van der Waals surface area contributed by atoms with Crippen LogP contribution in [0, 0.1) is 12.7 Å². The molecule has 2 aromatic rings. The van der Waals surface area contributed by atoms with Crippen LogP contribution in [0.5, 0.6) is 0 Å². The Bertz CT molecular complexity index is 583. The number of aromatic nitrogens is 1. The zero-order chi connectivity index (χ0) is 13.1. The topological polar surface area (TPSA) is 62.2 Å². The number of aryl methyl sites for hydroxylation is 1. The highest BCUT2D eigenvalue weighted by atomic mass is 32.1. The van der Waals surface area contributed by atoms with Crippen molar-refractivity contribution in [3.8, 4) is 0 Å². The summed E-state index contributed by atoms with van der Waals surface area (Å²) in [5.74, 6) is -2.02. The second-order valence-corrected chi connectivity index (χ2v) is 4.77. The molecule has 94 valence electrons. The molecular weight excluding hydrogens is 255 g/mol. The van der Waals surface area contributed by atoms with Crippen molar-refractivity contribution in [3.05, 3.63) is 45.7 Å². The second kappa shape index (κ2) is 5.14. The van der Waals surface area contributed by atoms with Crippen LogP contribution in [-0.4, -0.2) is 16.1 Å². The van der Waals surface area contributed by atoms with E-state index in [1.807, 2.05) is 12.3 Å². The van der Waals surface area contributed by atoms with E-state index in [4.69, 9.17) is 5.11 Å². The average Bonchev–Trinajstić information content (AvgIpc) is 2.74. The molecule has 0 amide bonds. The minimum absolute atomic E-state index is 0.338. The number of carbonyl (C=O) groups is 1. The Labute approximate surface area is 107 Å². The Morgan fingerprint density at radius 3 is 2.94 bits per heavy atom. The van der Waals surface area contributed by atoms with Crippen molar-refractivity contribution in [2.75, 3.05) is 5.32 Å². The van der Waals surface area contributed by atoms with Gasteiger partial charge in [-0.3, -0.25) is 0 Å². The van der Waals surface area contributed by atoms with Gasteiger partial charge in [0, 0.05) is 11.1 Å². The molecule has 0 radical (unpaired) electrons. The molecule has 0 atom stereocenters. The molecule has 2 rings (SSSR count). The van der Waals surface area contributed by atoms with E-state index in [1.165, 1.54) is 12.1 Å². The molecule has 0 aliphatic carbocycles. The van der Waals surface area contributed by atoms with Gasteiger partial charge in [-0.25, -0.2) is 14.2 Å². The summed E-state index contributed by atoms with van der Waals surface area (Å²) in [5.41, 5.74) is 1.09. The Balaban J connectivity index is 2.10. The van der Waals surface area contributed by atoms with Crippen molar-refractivity contribution >= 4 is 23.0 Å². The Morgan fingerprint density at radius 1 is 1.56 bits per heavy atom. The van der Waals surface area contributed by atoms with Crippen LogP contribution < -0.4 is 5.32 Å². The summed E-state index contributed by atoms with van der Waals surface area (Å²) in [5, 5.41) is 14.7. The molecule has 0 fully saturated rings. The number of anilines is 1. The Kier molecular flexibility index (Phi) is 3.57. The van der Waals surface area contributed by atoms with Crippen LogP contribution in [0.1, 0.15) is 21.1 Å². The van der Waals surface area contributed by atoms with Crippen molar-refractivity contribution in [1.82, 2.24) is 4.98 Å². The first-order chi connectivity index (χ1) is 8.56. The lowest BCUT2D eigenvalue weighted by Crippen LogP contribution is -2.04. The van der Waals surface area contributed by atoms with Crippen LogP contribution in [0.3, 0.4) is 0 Å². The summed E-state index contributed by atoms with van der Waals surface area (Å²) < 4.78 is 13.2. The van der Waals surface area contributed by atoms with Gasteiger partial charge in [0.05, 0.1) is 22.8 Å². The molecule has 1 aromatic heterocycles. The zero-order valence-corrected chi connectivity index (χ0v) is 10.4. The van der Waals surface area contributed by atoms with E-state index in [9.17, 15) is 9.18 Å². The third-order valence-corrected chi connectivity index (χ3v) is 3.16. The van der Waals surface area contributed by atoms with Crippen LogP contribution in [0.25, 0.3) is 0 Å². The molecule has 2 N–H and O–H groups in total. The number of aromatic carboxylic acids is 1. The number of halogens is 1. The van der Waals surface area contributed by atoms with Crippen molar-refractivity contribution in [2.24, 2.45) is 0 Å². The van der Waals surface area contributed by atoms with Crippen molar-refractivity contribution < 1.29 is 14.3 Å². The van der Waals surface area contributed by atoms with Gasteiger partial charge in [-0.1, -0.05) is 0 Å². The minimum atomic E-state index is -1.28. The van der Waals surface area contributed by atoms with Crippen LogP contribution in [0.15, 0.2) is 23.6 Å². The predicted molar refractivity (Wildman–Crippen MR) is 67.5 cm³/mol. The largest absolute Gasteiger partial charge is 0.478 e. The van der Waals surface area contributed by atoms with Crippen LogP contribution in [0.2, 0.25) is 0 Å². The lowest BCUT2D eigenvalue weighted by Gasteiger charge is -2.06. The highest BCUT2D eigenvalue weighted by Crippen LogP contribution is 2.16. The molecule has 1 heterocycles. The molecule has 18 heavy (non-hydrogen) atoms. The van der Waals surface area contributed by atoms with Gasteiger partial charge < -0.3 is 10.4 Å². The molecular formula is C12H11FN2O2S. The molecule has 0 bridgehead atoms. The molecule has 1 aromatic carbocycles. The van der Waals surface area contributed by atoms with Gasteiger partial charge in [0.2, 0.25) is 0 Å². The fourth-order valence-corrected chi connectivity index (χ4v) is 2.09. The average molecular weight is 266 g/mol. The number of hydrogen-bond acceptors (Lipinski definition) is 4. The first kappa shape index (κ1) is 12.5. The maximum atomic E-state index is 13.2. The number of thiazole rings is 1. The Hall–Kier alpha value is -1.95. The summed E-state index contributed by atoms with van der Waals surface area (Å²) >= 11 is 1.54. The van der Waals surface area contributed by atoms with E-state index in [-0.39, 0.29) is 5.56 Å². The van der Waals surface area contributed by atoms with E-state index < -0.39 is 11.8 Å². The van der Waals surface area contributed by atoms with Gasteiger partial charge in [0.1, 0.15) is 5.82 Å². The van der Waals surface area contributed by atoms with E-state index >= 15 is 0 Å². The van der Waals surface area contributed by atoms with Crippen LogP contribution >= 0.6 is 11.3 Å². The molecule has 0 aliphatic heterocycles. The van der Waals surface area contributed by atoms with E-state index in [2.05, 4.69) is 10.3 Å². The highest BCUT2D eigenvalue weighted by molar-refractivity contribution is 7.09. The maximum Gasteiger partial charge on any atom is 0.338 e. The highest BCUT2D eigenvalue weighted by Gasteiger charge is 2.10. The van der Waals surface area contributed by atoms with Crippen molar-refractivity contribution in [2.45, 2.75) is 13.5 Å². The van der Waals surface area contributed by atoms with Gasteiger partial charge in [-0.2, -0.15) is 0 Å². The van der Waals surface area contributed by atoms with Crippen molar-refractivity contribution in [3.63, 3.8) is 0 Å². The van der Waals surface area contributed by atoms with E-state index in [0.717, 1.165) is 16.8 Å². The molecule has 6 heteroatoms. The lowest BCUT2D eigenvalue weighted by molar-refractivity contribution is 0.0692. The zero-order valence-electron chi connectivity index (χ0n) is 9.61. The number of nitrogens with zero attached hydrogens (tertiary/aromatic N) is 1. The normalized spacial score (nSPS) is 10.3. The number of rotatable bonds is 4. The standard InChI is InChI=1S/C12H11FN2O2S/c1-7-15-9(6-18-7)5-14-8-2-3-11(13)10(4-8)12(16)17/h2-4,6,14H,5H2,1H3,(H,16,17). The first-order valence-corrected chi connectivity index (χ1v) is 6.12. The molecule has 0 aliphatic rings. The maximum absolute atomic E-state index is 13.2. The quantitative estimate of drug-likeness (QED) is 0.893. The third kappa shape index (κ3) is 2.84. The Morgan fingerprint density at radius 2 is 2.33 bits per heavy atom. The molecule has 4 nitrogen and oxygen atoms in total. The third-order valence-electron chi connectivity index (χ3n) is 2.34. The van der Waals surface area contributed by atoms with E-state index in [1.54, 1.807) is 11.3 Å².